The predicted octanol–water partition coefficient (Wildman–Crippen LogP) is 5.43. The number of carboxylic acids is 1. The van der Waals surface area contributed by atoms with E-state index >= 15 is 0 Å². The summed E-state index contributed by atoms with van der Waals surface area (Å²) >= 11 is 0. The molecule has 1 heterocycles. The second-order valence-corrected chi connectivity index (χ2v) is 8.70. The molecular weight excluding hydrogens is 368 g/mol. The van der Waals surface area contributed by atoms with E-state index in [1.807, 2.05) is 12.1 Å². The van der Waals surface area contributed by atoms with Gasteiger partial charge in [-0.1, -0.05) is 25.0 Å². The number of allylic oxidation sites excluding steroid dienone is 2. The fourth-order valence-corrected chi connectivity index (χ4v) is 4.60. The maximum Gasteiger partial charge on any atom is 0.336 e. The molecule has 1 aliphatic rings. The molecule has 0 radical (unpaired) electrons. The van der Waals surface area contributed by atoms with Crippen molar-refractivity contribution < 1.29 is 19.1 Å². The highest BCUT2D eigenvalue weighted by Crippen LogP contribution is 2.51. The molecule has 5 heteroatoms. The minimum Gasteiger partial charge on any atom is -0.493 e. The van der Waals surface area contributed by atoms with Crippen LogP contribution < -0.4 is 10.4 Å². The van der Waals surface area contributed by atoms with Gasteiger partial charge in [0.25, 0.3) is 0 Å². The molecule has 0 unspecified atom stereocenters. The van der Waals surface area contributed by atoms with Gasteiger partial charge in [-0.15, -0.1) is 0 Å². The first-order valence-electron chi connectivity index (χ1n) is 10.3. The van der Waals surface area contributed by atoms with E-state index in [2.05, 4.69) is 27.7 Å². The molecule has 1 fully saturated rings. The van der Waals surface area contributed by atoms with Gasteiger partial charge < -0.3 is 14.3 Å². The number of benzene rings is 1. The van der Waals surface area contributed by atoms with Crippen LogP contribution in [0.3, 0.4) is 0 Å². The number of rotatable bonds is 6. The van der Waals surface area contributed by atoms with Gasteiger partial charge in [-0.25, -0.2) is 4.79 Å². The third-order valence-corrected chi connectivity index (χ3v) is 6.62. The van der Waals surface area contributed by atoms with E-state index in [-0.39, 0.29) is 23.4 Å². The Morgan fingerprint density at radius 3 is 2.69 bits per heavy atom. The van der Waals surface area contributed by atoms with Crippen molar-refractivity contribution >= 4 is 16.9 Å². The first-order valence-corrected chi connectivity index (χ1v) is 10.3. The van der Waals surface area contributed by atoms with Gasteiger partial charge in [-0.2, -0.15) is 0 Å². The Balaban J connectivity index is 1.87. The van der Waals surface area contributed by atoms with Gasteiger partial charge in [0.2, 0.25) is 0 Å². The Morgan fingerprint density at radius 2 is 2.00 bits per heavy atom. The number of hydrogen-bond donors (Lipinski definition) is 1. The van der Waals surface area contributed by atoms with Crippen molar-refractivity contribution in [1.29, 1.82) is 0 Å². The quantitative estimate of drug-likeness (QED) is 0.519. The lowest BCUT2D eigenvalue weighted by molar-refractivity contribution is -0.137. The molecule has 156 valence electrons. The van der Waals surface area contributed by atoms with Gasteiger partial charge in [0.05, 0.1) is 6.61 Å². The lowest BCUT2D eigenvalue weighted by Crippen LogP contribution is -2.44. The van der Waals surface area contributed by atoms with Crippen LogP contribution in [0.4, 0.5) is 0 Å². The Hall–Kier alpha value is -2.56. The van der Waals surface area contributed by atoms with Gasteiger partial charge in [0, 0.05) is 29.4 Å². The fourth-order valence-electron chi connectivity index (χ4n) is 4.60. The maximum atomic E-state index is 11.5. The molecule has 3 rings (SSSR count). The average Bonchev–Trinajstić information content (AvgIpc) is 2.66. The molecule has 1 aromatic heterocycles. The van der Waals surface area contributed by atoms with E-state index in [9.17, 15) is 14.7 Å². The largest absolute Gasteiger partial charge is 0.493 e. The number of carbonyl (C=O) groups is 1. The highest BCUT2D eigenvalue weighted by atomic mass is 16.5. The number of ether oxygens (including phenoxy) is 1. The zero-order valence-electron chi connectivity index (χ0n) is 17.7. The highest BCUT2D eigenvalue weighted by molar-refractivity contribution is 5.77. The third kappa shape index (κ3) is 4.55. The fraction of sp³-hybridized carbons (Fsp3) is 0.500. The van der Waals surface area contributed by atoms with E-state index in [1.54, 1.807) is 12.1 Å². The second-order valence-electron chi connectivity index (χ2n) is 8.70. The molecule has 2 aromatic rings. The number of fused-ring (bicyclic) bond motifs is 1. The van der Waals surface area contributed by atoms with E-state index < -0.39 is 5.97 Å². The van der Waals surface area contributed by atoms with Gasteiger partial charge in [0.1, 0.15) is 11.3 Å². The van der Waals surface area contributed by atoms with E-state index in [4.69, 9.17) is 9.15 Å². The van der Waals surface area contributed by atoms with Crippen molar-refractivity contribution in [3.8, 4) is 5.75 Å². The summed E-state index contributed by atoms with van der Waals surface area (Å²) in [6.07, 6.45) is 2.86. The molecule has 29 heavy (non-hydrogen) atoms. The van der Waals surface area contributed by atoms with Crippen molar-refractivity contribution in [1.82, 2.24) is 0 Å². The van der Waals surface area contributed by atoms with E-state index in [1.165, 1.54) is 17.2 Å². The van der Waals surface area contributed by atoms with Crippen LogP contribution in [0, 0.1) is 17.3 Å². The lowest BCUT2D eigenvalue weighted by Gasteiger charge is -2.48. The van der Waals surface area contributed by atoms with Crippen LogP contribution in [0.5, 0.6) is 5.75 Å². The Bertz CT molecular complexity index is 982. The summed E-state index contributed by atoms with van der Waals surface area (Å²) in [5, 5.41) is 10.1. The molecule has 1 aliphatic carbocycles. The monoisotopic (exact) mass is 398 g/mol. The van der Waals surface area contributed by atoms with Crippen LogP contribution in [-0.4, -0.2) is 17.7 Å². The topological polar surface area (TPSA) is 76.7 Å². The van der Waals surface area contributed by atoms with Crippen molar-refractivity contribution in [3.05, 3.63) is 51.9 Å². The van der Waals surface area contributed by atoms with Gasteiger partial charge in [0.15, 0.2) is 0 Å². The number of aliphatic carboxylic acids is 1. The Kier molecular flexibility index (Phi) is 6.15. The maximum absolute atomic E-state index is 11.5. The summed E-state index contributed by atoms with van der Waals surface area (Å²) in [7, 11) is 0. The first kappa shape index (κ1) is 21.2. The van der Waals surface area contributed by atoms with Crippen LogP contribution in [-0.2, 0) is 4.79 Å². The number of hydrogen-bond acceptors (Lipinski definition) is 4. The van der Waals surface area contributed by atoms with Crippen molar-refractivity contribution in [2.75, 3.05) is 6.61 Å². The second kappa shape index (κ2) is 8.44. The average molecular weight is 398 g/mol. The summed E-state index contributed by atoms with van der Waals surface area (Å²) in [4.78, 5) is 22.8. The standard InChI is InChI=1S/C24H30O5/c1-15(2)19-9-5-16(3)24(4,20(19)10-11-22(25)26)14-28-18-8-6-17-7-12-23(27)29-21(17)13-18/h6-8,12-13,16,20H,5,9-11,14H2,1-4H3,(H,25,26)/t16-,20+,24+/m1/s1. The molecule has 1 N–H and O–H groups in total. The van der Waals surface area contributed by atoms with Gasteiger partial charge in [-0.3, -0.25) is 4.79 Å². The van der Waals surface area contributed by atoms with Crippen LogP contribution in [0.2, 0.25) is 0 Å². The third-order valence-electron chi connectivity index (χ3n) is 6.62. The van der Waals surface area contributed by atoms with Gasteiger partial charge in [-0.05, 0) is 63.1 Å². The SMILES string of the molecule is CC(C)=C1CC[C@@H](C)[C@](C)(COc2ccc3ccc(=O)oc3c2)[C@H]1CCC(=O)O. The van der Waals surface area contributed by atoms with Crippen LogP contribution in [0.15, 0.2) is 50.7 Å². The molecular formula is C24H30O5. The smallest absolute Gasteiger partial charge is 0.336 e. The van der Waals surface area contributed by atoms with Crippen LogP contribution in [0.25, 0.3) is 11.0 Å². The molecule has 1 aromatic carbocycles. The minimum absolute atomic E-state index is 0.158. The van der Waals surface area contributed by atoms with E-state index in [0.29, 0.717) is 30.3 Å². The molecule has 1 saturated carbocycles. The molecule has 0 aliphatic heterocycles. The van der Waals surface area contributed by atoms with Crippen molar-refractivity contribution in [3.63, 3.8) is 0 Å². The van der Waals surface area contributed by atoms with Gasteiger partial charge >= 0.3 is 11.6 Å². The molecule has 0 amide bonds. The first-order chi connectivity index (χ1) is 13.7. The molecule has 0 bridgehead atoms. The van der Waals surface area contributed by atoms with Crippen molar-refractivity contribution in [2.24, 2.45) is 17.3 Å². The highest BCUT2D eigenvalue weighted by Gasteiger charge is 2.45. The zero-order chi connectivity index (χ0) is 21.2. The summed E-state index contributed by atoms with van der Waals surface area (Å²) in [5.74, 6) is 0.472. The molecule has 0 spiro atoms. The zero-order valence-corrected chi connectivity index (χ0v) is 17.7. The molecule has 0 saturated heterocycles. The Labute approximate surface area is 171 Å². The summed E-state index contributed by atoms with van der Waals surface area (Å²) in [6, 6.07) is 8.65. The van der Waals surface area contributed by atoms with Crippen molar-refractivity contribution in [2.45, 2.75) is 53.4 Å². The minimum atomic E-state index is -0.760. The molecule has 3 atom stereocenters. The van der Waals surface area contributed by atoms with Crippen LogP contribution in [0.1, 0.15) is 53.4 Å². The Morgan fingerprint density at radius 1 is 1.28 bits per heavy atom. The van der Waals surface area contributed by atoms with E-state index in [0.717, 1.165) is 18.2 Å². The summed E-state index contributed by atoms with van der Waals surface area (Å²) in [5.41, 5.74) is 2.60. The summed E-state index contributed by atoms with van der Waals surface area (Å²) in [6.45, 7) is 9.17. The predicted molar refractivity (Wildman–Crippen MR) is 113 cm³/mol. The van der Waals surface area contributed by atoms with Crippen LogP contribution >= 0.6 is 0 Å². The lowest BCUT2D eigenvalue weighted by atomic mass is 9.58. The normalized spacial score (nSPS) is 24.5. The summed E-state index contributed by atoms with van der Waals surface area (Å²) < 4.78 is 11.5. The molecule has 5 nitrogen and oxygen atoms in total. The number of carboxylic acid groups (broad SMARTS) is 1.